The van der Waals surface area contributed by atoms with Crippen molar-refractivity contribution < 1.29 is 14.4 Å². The molecule has 2 aliphatic rings. The summed E-state index contributed by atoms with van der Waals surface area (Å²) in [5.41, 5.74) is 0.0181. The van der Waals surface area contributed by atoms with Crippen molar-refractivity contribution in [3.63, 3.8) is 0 Å². The van der Waals surface area contributed by atoms with Crippen LogP contribution < -0.4 is 5.32 Å². The molecule has 0 amide bonds. The number of nitro groups is 1. The highest BCUT2D eigenvalue weighted by Crippen LogP contribution is 2.16. The van der Waals surface area contributed by atoms with E-state index in [-0.39, 0.29) is 5.70 Å². The molecule has 2 rings (SSSR count). The van der Waals surface area contributed by atoms with Gasteiger partial charge in [-0.2, -0.15) is 0 Å². The van der Waals surface area contributed by atoms with Gasteiger partial charge in [0.1, 0.15) is 5.82 Å². The molecule has 1 unspecified atom stereocenters. The Bertz CT molecular complexity index is 361. The van der Waals surface area contributed by atoms with Crippen molar-refractivity contribution in [1.29, 1.82) is 0 Å². The molecule has 0 aliphatic carbocycles. The molecule has 1 saturated heterocycles. The summed E-state index contributed by atoms with van der Waals surface area (Å²) in [5.74, 6) is 0.839. The van der Waals surface area contributed by atoms with Gasteiger partial charge in [-0.3, -0.25) is 10.1 Å². The lowest BCUT2D eigenvalue weighted by Gasteiger charge is -2.33. The van der Waals surface area contributed by atoms with Crippen molar-refractivity contribution in [2.24, 2.45) is 0 Å². The van der Waals surface area contributed by atoms with Gasteiger partial charge in [-0.15, -0.1) is 0 Å². The van der Waals surface area contributed by atoms with E-state index < -0.39 is 11.2 Å². The Morgan fingerprint density at radius 1 is 1.53 bits per heavy atom. The summed E-state index contributed by atoms with van der Waals surface area (Å²) in [5, 5.41) is 13.8. The van der Waals surface area contributed by atoms with Crippen molar-refractivity contribution in [2.75, 3.05) is 33.4 Å². The number of methoxy groups -OCH3 is 1. The summed E-state index contributed by atoms with van der Waals surface area (Å²) in [7, 11) is 1.44. The maximum atomic E-state index is 10.8. The van der Waals surface area contributed by atoms with Gasteiger partial charge in [0.25, 0.3) is 5.70 Å². The number of hydrogen-bond acceptors (Lipinski definition) is 6. The number of ether oxygens (including phenoxy) is 2. The molecule has 0 radical (unpaired) electrons. The first kappa shape index (κ1) is 11.9. The van der Waals surface area contributed by atoms with E-state index in [1.165, 1.54) is 13.2 Å². The van der Waals surface area contributed by atoms with E-state index in [0.717, 1.165) is 18.9 Å². The maximum Gasteiger partial charge on any atom is 0.295 e. The molecule has 7 nitrogen and oxygen atoms in total. The van der Waals surface area contributed by atoms with E-state index in [2.05, 4.69) is 10.2 Å². The highest BCUT2D eigenvalue weighted by molar-refractivity contribution is 5.21. The first-order valence-electron chi connectivity index (χ1n) is 5.40. The molecule has 1 atom stereocenters. The zero-order valence-corrected chi connectivity index (χ0v) is 9.59. The Balaban J connectivity index is 2.12. The Morgan fingerprint density at radius 3 is 2.82 bits per heavy atom. The Kier molecular flexibility index (Phi) is 3.60. The van der Waals surface area contributed by atoms with E-state index in [1.807, 2.05) is 0 Å². The highest BCUT2D eigenvalue weighted by Gasteiger charge is 2.29. The van der Waals surface area contributed by atoms with Crippen LogP contribution in [0.3, 0.4) is 0 Å². The summed E-state index contributed by atoms with van der Waals surface area (Å²) >= 11 is 0. The van der Waals surface area contributed by atoms with Crippen LogP contribution in [0.15, 0.2) is 23.7 Å². The summed E-state index contributed by atoms with van der Waals surface area (Å²) < 4.78 is 10.3. The summed E-state index contributed by atoms with van der Waals surface area (Å²) in [4.78, 5) is 12.4. The van der Waals surface area contributed by atoms with Gasteiger partial charge in [0.05, 0.1) is 18.1 Å². The third kappa shape index (κ3) is 2.56. The SMILES string of the molecule is COC1NC(N2CCOCC2)=CC=C1[N+](=O)[O-]. The van der Waals surface area contributed by atoms with Crippen LogP contribution >= 0.6 is 0 Å². The van der Waals surface area contributed by atoms with Crippen LogP contribution in [0.25, 0.3) is 0 Å². The molecule has 1 fully saturated rings. The average Bonchev–Trinajstić information content (AvgIpc) is 2.39. The number of hydrogen-bond donors (Lipinski definition) is 1. The number of nitrogens with one attached hydrogen (secondary N) is 1. The second kappa shape index (κ2) is 5.15. The predicted molar refractivity (Wildman–Crippen MR) is 59.5 cm³/mol. The van der Waals surface area contributed by atoms with E-state index in [1.54, 1.807) is 6.08 Å². The monoisotopic (exact) mass is 241 g/mol. The van der Waals surface area contributed by atoms with Gasteiger partial charge in [0, 0.05) is 26.3 Å². The first-order chi connectivity index (χ1) is 8.22. The van der Waals surface area contributed by atoms with Crippen LogP contribution in [-0.2, 0) is 9.47 Å². The Labute approximate surface area is 98.8 Å². The molecule has 0 aromatic rings. The first-order valence-corrected chi connectivity index (χ1v) is 5.40. The molecule has 2 aliphatic heterocycles. The van der Waals surface area contributed by atoms with Crippen molar-refractivity contribution >= 4 is 0 Å². The lowest BCUT2D eigenvalue weighted by molar-refractivity contribution is -0.438. The second-order valence-corrected chi connectivity index (χ2v) is 3.76. The molecule has 7 heteroatoms. The number of dihydropyridines is 1. The van der Waals surface area contributed by atoms with Crippen LogP contribution in [0.5, 0.6) is 0 Å². The van der Waals surface area contributed by atoms with E-state index in [4.69, 9.17) is 9.47 Å². The van der Waals surface area contributed by atoms with Crippen LogP contribution in [0.1, 0.15) is 0 Å². The third-order valence-corrected chi connectivity index (χ3v) is 2.76. The average molecular weight is 241 g/mol. The second-order valence-electron chi connectivity index (χ2n) is 3.76. The fraction of sp³-hybridized carbons (Fsp3) is 0.600. The van der Waals surface area contributed by atoms with Gasteiger partial charge >= 0.3 is 0 Å². The Morgan fingerprint density at radius 2 is 2.24 bits per heavy atom. The zero-order valence-electron chi connectivity index (χ0n) is 9.59. The molecule has 0 spiro atoms. The quantitative estimate of drug-likeness (QED) is 0.549. The smallest absolute Gasteiger partial charge is 0.295 e. The van der Waals surface area contributed by atoms with Gasteiger partial charge in [0.15, 0.2) is 0 Å². The molecule has 0 aromatic heterocycles. The van der Waals surface area contributed by atoms with E-state index in [0.29, 0.717) is 13.2 Å². The van der Waals surface area contributed by atoms with Crippen LogP contribution in [-0.4, -0.2) is 49.5 Å². The maximum absolute atomic E-state index is 10.8. The molecular weight excluding hydrogens is 226 g/mol. The van der Waals surface area contributed by atoms with E-state index >= 15 is 0 Å². The number of allylic oxidation sites excluding steroid dienone is 2. The molecule has 0 saturated carbocycles. The molecular formula is C10H15N3O4. The van der Waals surface area contributed by atoms with Crippen molar-refractivity contribution in [3.8, 4) is 0 Å². The predicted octanol–water partition coefficient (Wildman–Crippen LogP) is -0.104. The van der Waals surface area contributed by atoms with Crippen LogP contribution in [0.2, 0.25) is 0 Å². The normalized spacial score (nSPS) is 24.8. The van der Waals surface area contributed by atoms with E-state index in [9.17, 15) is 10.1 Å². The lowest BCUT2D eigenvalue weighted by Crippen LogP contribution is -2.46. The molecule has 0 bridgehead atoms. The minimum atomic E-state index is -0.701. The molecule has 1 N–H and O–H groups in total. The molecule has 2 heterocycles. The zero-order chi connectivity index (χ0) is 12.3. The minimum absolute atomic E-state index is 0.0181. The number of rotatable bonds is 3. The molecule has 0 aromatic carbocycles. The van der Waals surface area contributed by atoms with Crippen molar-refractivity contribution in [1.82, 2.24) is 10.2 Å². The fourth-order valence-corrected chi connectivity index (χ4v) is 1.85. The topological polar surface area (TPSA) is 76.9 Å². The highest BCUT2D eigenvalue weighted by atomic mass is 16.6. The Hall–Kier alpha value is -1.60. The van der Waals surface area contributed by atoms with Crippen molar-refractivity contribution in [2.45, 2.75) is 6.23 Å². The third-order valence-electron chi connectivity index (χ3n) is 2.76. The standard InChI is InChI=1S/C10H15N3O4/c1-16-10-8(13(14)15)2-3-9(11-10)12-4-6-17-7-5-12/h2-3,10-11H,4-7H2,1H3. The van der Waals surface area contributed by atoms with Gasteiger partial charge in [-0.25, -0.2) is 0 Å². The number of morpholine rings is 1. The van der Waals surface area contributed by atoms with Gasteiger partial charge in [-0.1, -0.05) is 0 Å². The fourth-order valence-electron chi connectivity index (χ4n) is 1.85. The molecule has 94 valence electrons. The van der Waals surface area contributed by atoms with Gasteiger partial charge < -0.3 is 19.7 Å². The largest absolute Gasteiger partial charge is 0.378 e. The van der Waals surface area contributed by atoms with Crippen molar-refractivity contribution in [3.05, 3.63) is 33.8 Å². The minimum Gasteiger partial charge on any atom is -0.378 e. The van der Waals surface area contributed by atoms with Crippen LogP contribution in [0, 0.1) is 10.1 Å². The molecule has 17 heavy (non-hydrogen) atoms. The summed E-state index contributed by atoms with van der Waals surface area (Å²) in [6, 6.07) is 0. The number of nitrogens with zero attached hydrogens (tertiary/aromatic N) is 2. The summed E-state index contributed by atoms with van der Waals surface area (Å²) in [6.07, 6.45) is 2.49. The van der Waals surface area contributed by atoms with Crippen LogP contribution in [0.4, 0.5) is 0 Å². The summed E-state index contributed by atoms with van der Waals surface area (Å²) in [6.45, 7) is 2.89. The lowest BCUT2D eigenvalue weighted by atomic mass is 10.2. The van der Waals surface area contributed by atoms with Gasteiger partial charge in [-0.05, 0) is 6.08 Å². The van der Waals surface area contributed by atoms with Gasteiger partial charge in [0.2, 0.25) is 6.23 Å².